The van der Waals surface area contributed by atoms with Gasteiger partial charge in [-0.25, -0.2) is 13.8 Å². The number of hydrogen-bond donors (Lipinski definition) is 2. The minimum Gasteiger partial charge on any atom is -0.495 e. The number of ether oxygens (including phenoxy) is 1. The zero-order valence-corrected chi connectivity index (χ0v) is 14.7. The summed E-state index contributed by atoms with van der Waals surface area (Å²) in [5.41, 5.74) is 1.50. The number of methoxy groups -OCH3 is 1. The number of carbonyl (C=O) groups excluding carboxylic acids is 1. The van der Waals surface area contributed by atoms with Gasteiger partial charge in [-0.2, -0.15) is 0 Å². The number of pyridine rings is 1. The summed E-state index contributed by atoms with van der Waals surface area (Å²) in [7, 11) is 1.52. The van der Waals surface area contributed by atoms with E-state index in [9.17, 15) is 13.6 Å². The van der Waals surface area contributed by atoms with E-state index in [1.807, 2.05) is 13.0 Å². The largest absolute Gasteiger partial charge is 0.495 e. The molecule has 2 N–H and O–H groups in total. The summed E-state index contributed by atoms with van der Waals surface area (Å²) in [6, 6.07) is 12.0. The molecular formula is C20H17F2N3O2. The van der Waals surface area contributed by atoms with Gasteiger partial charge in [-0.15, -0.1) is 0 Å². The van der Waals surface area contributed by atoms with Gasteiger partial charge >= 0.3 is 0 Å². The highest BCUT2D eigenvalue weighted by Gasteiger charge is 2.12. The van der Waals surface area contributed by atoms with Gasteiger partial charge in [0.2, 0.25) is 0 Å². The number of nitrogens with zero attached hydrogens (tertiary/aromatic N) is 1. The Morgan fingerprint density at radius 2 is 1.81 bits per heavy atom. The van der Waals surface area contributed by atoms with Gasteiger partial charge in [0.15, 0.2) is 0 Å². The van der Waals surface area contributed by atoms with E-state index in [4.69, 9.17) is 4.74 Å². The van der Waals surface area contributed by atoms with E-state index in [-0.39, 0.29) is 23.0 Å². The number of halogens is 2. The molecule has 1 heterocycles. The van der Waals surface area contributed by atoms with Crippen LogP contribution in [0.15, 0.2) is 54.7 Å². The predicted octanol–water partition coefficient (Wildman–Crippen LogP) is 4.67. The van der Waals surface area contributed by atoms with Gasteiger partial charge in [0.1, 0.15) is 28.9 Å². The minimum absolute atomic E-state index is 0.212. The van der Waals surface area contributed by atoms with Crippen LogP contribution in [-0.4, -0.2) is 18.0 Å². The van der Waals surface area contributed by atoms with Crippen molar-refractivity contribution in [3.05, 3.63) is 77.5 Å². The summed E-state index contributed by atoms with van der Waals surface area (Å²) in [5.74, 6) is -1.09. The first kappa shape index (κ1) is 18.3. The van der Waals surface area contributed by atoms with Gasteiger partial charge in [0.05, 0.1) is 18.4 Å². The van der Waals surface area contributed by atoms with E-state index < -0.39 is 11.6 Å². The zero-order valence-electron chi connectivity index (χ0n) is 14.7. The van der Waals surface area contributed by atoms with Crippen LogP contribution in [-0.2, 0) is 0 Å². The Hall–Kier alpha value is -3.48. The highest BCUT2D eigenvalue weighted by molar-refractivity contribution is 6.05. The first-order valence-electron chi connectivity index (χ1n) is 8.11. The van der Waals surface area contributed by atoms with Gasteiger partial charge in [-0.1, -0.05) is 12.1 Å². The van der Waals surface area contributed by atoms with Crippen molar-refractivity contribution in [3.8, 4) is 5.75 Å². The Bertz CT molecular complexity index is 955. The molecule has 0 bridgehead atoms. The Labute approximate surface area is 155 Å². The van der Waals surface area contributed by atoms with Gasteiger partial charge in [0.25, 0.3) is 5.91 Å². The second kappa shape index (κ2) is 7.82. The first-order chi connectivity index (χ1) is 13.0. The molecule has 1 aromatic heterocycles. The Kier molecular flexibility index (Phi) is 5.30. The molecule has 3 rings (SSSR count). The molecule has 0 fully saturated rings. The van der Waals surface area contributed by atoms with Crippen LogP contribution in [0.3, 0.4) is 0 Å². The number of aromatic nitrogens is 1. The lowest BCUT2D eigenvalue weighted by Crippen LogP contribution is -2.13. The SMILES string of the molecule is COc1ccc(C)cc1NC(=O)c1ccc(Nc2c(F)cccc2F)nc1. The minimum atomic E-state index is -0.731. The molecule has 3 aromatic rings. The van der Waals surface area contributed by atoms with Crippen LogP contribution in [0.4, 0.5) is 26.0 Å². The second-order valence-corrected chi connectivity index (χ2v) is 5.81. The molecule has 0 unspecified atom stereocenters. The second-order valence-electron chi connectivity index (χ2n) is 5.81. The Morgan fingerprint density at radius 1 is 1.07 bits per heavy atom. The third kappa shape index (κ3) is 4.20. The smallest absolute Gasteiger partial charge is 0.257 e. The lowest BCUT2D eigenvalue weighted by molar-refractivity contribution is 0.102. The highest BCUT2D eigenvalue weighted by atomic mass is 19.1. The third-order valence-corrected chi connectivity index (χ3v) is 3.84. The van der Waals surface area contributed by atoms with Crippen molar-refractivity contribution < 1.29 is 18.3 Å². The highest BCUT2D eigenvalue weighted by Crippen LogP contribution is 2.26. The van der Waals surface area contributed by atoms with Crippen molar-refractivity contribution in [1.29, 1.82) is 0 Å². The number of hydrogen-bond acceptors (Lipinski definition) is 4. The summed E-state index contributed by atoms with van der Waals surface area (Å²) in [6.45, 7) is 1.90. The number of amides is 1. The number of carbonyl (C=O) groups is 1. The molecule has 0 aliphatic heterocycles. The monoisotopic (exact) mass is 369 g/mol. The van der Waals surface area contributed by atoms with Crippen molar-refractivity contribution in [2.75, 3.05) is 17.7 Å². The summed E-state index contributed by atoms with van der Waals surface area (Å²) in [4.78, 5) is 16.5. The van der Waals surface area contributed by atoms with Gasteiger partial charge < -0.3 is 15.4 Å². The molecule has 0 saturated carbocycles. The fourth-order valence-corrected chi connectivity index (χ4v) is 2.46. The molecule has 0 aliphatic carbocycles. The molecule has 5 nitrogen and oxygen atoms in total. The number of aryl methyl sites for hydroxylation is 1. The molecule has 0 atom stereocenters. The molecule has 1 amide bonds. The molecule has 27 heavy (non-hydrogen) atoms. The average Bonchev–Trinajstić information content (AvgIpc) is 2.65. The van der Waals surface area contributed by atoms with Crippen molar-refractivity contribution in [2.45, 2.75) is 6.92 Å². The molecule has 7 heteroatoms. The lowest BCUT2D eigenvalue weighted by atomic mass is 10.2. The normalized spacial score (nSPS) is 10.4. The van der Waals surface area contributed by atoms with Crippen LogP contribution >= 0.6 is 0 Å². The quantitative estimate of drug-likeness (QED) is 0.686. The fraction of sp³-hybridized carbons (Fsp3) is 0.100. The fourth-order valence-electron chi connectivity index (χ4n) is 2.46. The van der Waals surface area contributed by atoms with Gasteiger partial charge in [-0.3, -0.25) is 4.79 Å². The van der Waals surface area contributed by atoms with Crippen molar-refractivity contribution >= 4 is 23.1 Å². The maximum atomic E-state index is 13.7. The topological polar surface area (TPSA) is 63.2 Å². The molecule has 0 aliphatic rings. The summed E-state index contributed by atoms with van der Waals surface area (Å²) in [6.07, 6.45) is 1.32. The number of para-hydroxylation sites is 1. The van der Waals surface area contributed by atoms with Crippen LogP contribution in [0.25, 0.3) is 0 Å². The van der Waals surface area contributed by atoms with Crippen molar-refractivity contribution in [3.63, 3.8) is 0 Å². The molecule has 0 spiro atoms. The van der Waals surface area contributed by atoms with Crippen LogP contribution in [0.2, 0.25) is 0 Å². The number of anilines is 3. The Balaban J connectivity index is 1.75. The van der Waals surface area contributed by atoms with Crippen LogP contribution in [0, 0.1) is 18.6 Å². The predicted molar refractivity (Wildman–Crippen MR) is 99.6 cm³/mol. The number of nitrogens with one attached hydrogen (secondary N) is 2. The van der Waals surface area contributed by atoms with Crippen molar-refractivity contribution in [1.82, 2.24) is 4.98 Å². The van der Waals surface area contributed by atoms with Gasteiger partial charge in [0, 0.05) is 6.20 Å². The summed E-state index contributed by atoms with van der Waals surface area (Å²) in [5, 5.41) is 5.33. The van der Waals surface area contributed by atoms with E-state index >= 15 is 0 Å². The number of rotatable bonds is 5. The standard InChI is InChI=1S/C20H17F2N3O2/c1-12-6-8-17(27-2)16(10-12)24-20(26)13-7-9-18(23-11-13)25-19-14(21)4-3-5-15(19)22/h3-11H,1-2H3,(H,23,25)(H,24,26). The van der Waals surface area contributed by atoms with E-state index in [2.05, 4.69) is 15.6 Å². The van der Waals surface area contributed by atoms with Crippen LogP contribution < -0.4 is 15.4 Å². The average molecular weight is 369 g/mol. The van der Waals surface area contributed by atoms with E-state index in [0.29, 0.717) is 11.4 Å². The van der Waals surface area contributed by atoms with Crippen molar-refractivity contribution in [2.24, 2.45) is 0 Å². The molecule has 138 valence electrons. The first-order valence-corrected chi connectivity index (χ1v) is 8.11. The third-order valence-electron chi connectivity index (χ3n) is 3.84. The molecule has 0 radical (unpaired) electrons. The lowest BCUT2D eigenvalue weighted by Gasteiger charge is -2.11. The maximum absolute atomic E-state index is 13.7. The summed E-state index contributed by atoms with van der Waals surface area (Å²) >= 11 is 0. The molecule has 2 aromatic carbocycles. The van der Waals surface area contributed by atoms with Crippen LogP contribution in [0.1, 0.15) is 15.9 Å². The van der Waals surface area contributed by atoms with E-state index in [1.54, 1.807) is 12.1 Å². The van der Waals surface area contributed by atoms with E-state index in [0.717, 1.165) is 17.7 Å². The zero-order chi connectivity index (χ0) is 19.4. The number of benzene rings is 2. The Morgan fingerprint density at radius 3 is 2.44 bits per heavy atom. The van der Waals surface area contributed by atoms with E-state index in [1.165, 1.54) is 31.5 Å². The van der Waals surface area contributed by atoms with Crippen LogP contribution in [0.5, 0.6) is 5.75 Å². The molecular weight excluding hydrogens is 352 g/mol. The van der Waals surface area contributed by atoms with Gasteiger partial charge in [-0.05, 0) is 48.9 Å². The molecule has 0 saturated heterocycles. The summed E-state index contributed by atoms with van der Waals surface area (Å²) < 4.78 is 32.6. The maximum Gasteiger partial charge on any atom is 0.257 e.